The molecule has 1 aliphatic rings. The van der Waals surface area contributed by atoms with E-state index in [0.717, 1.165) is 36.0 Å². The number of rotatable bonds is 12. The molecule has 196 valence electrons. The molecule has 8 heteroatoms. The highest BCUT2D eigenvalue weighted by atomic mass is 19.4. The molecule has 0 bridgehead atoms. The van der Waals surface area contributed by atoms with E-state index >= 15 is 0 Å². The SMILES string of the molecule is CCCCCCCCC(=O)c1ccc(Cc2nccn3c(C4=CCN=C4C(F)(F)F)cnc23)cc1CC. The van der Waals surface area contributed by atoms with Gasteiger partial charge in [-0.25, -0.2) is 4.98 Å². The summed E-state index contributed by atoms with van der Waals surface area (Å²) in [7, 11) is 0. The minimum atomic E-state index is -4.52. The van der Waals surface area contributed by atoms with Crippen LogP contribution in [0, 0.1) is 0 Å². The van der Waals surface area contributed by atoms with Crippen molar-refractivity contribution in [3.05, 3.63) is 70.9 Å². The zero-order valence-corrected chi connectivity index (χ0v) is 21.4. The second kappa shape index (κ2) is 11.8. The molecule has 0 fully saturated rings. The summed E-state index contributed by atoms with van der Waals surface area (Å²) in [5, 5.41) is 0. The lowest BCUT2D eigenvalue weighted by Gasteiger charge is -2.12. The third-order valence-corrected chi connectivity index (χ3v) is 6.83. The number of carbonyl (C=O) groups is 1. The number of aromatic nitrogens is 3. The molecule has 0 unspecified atom stereocenters. The molecule has 1 aromatic carbocycles. The monoisotopic (exact) mass is 510 g/mol. The zero-order valence-electron chi connectivity index (χ0n) is 21.4. The van der Waals surface area contributed by atoms with Gasteiger partial charge in [-0.05, 0) is 24.0 Å². The van der Waals surface area contributed by atoms with Gasteiger partial charge in [0.1, 0.15) is 5.71 Å². The van der Waals surface area contributed by atoms with Crippen molar-refractivity contribution in [2.75, 3.05) is 6.54 Å². The van der Waals surface area contributed by atoms with Gasteiger partial charge in [-0.3, -0.25) is 19.2 Å². The fraction of sp³-hybridized carbons (Fsp3) is 0.448. The van der Waals surface area contributed by atoms with Gasteiger partial charge in [0.15, 0.2) is 11.4 Å². The van der Waals surface area contributed by atoms with Crippen molar-refractivity contribution in [2.24, 2.45) is 4.99 Å². The lowest BCUT2D eigenvalue weighted by Crippen LogP contribution is -2.23. The fourth-order valence-electron chi connectivity index (χ4n) is 4.89. The number of aliphatic imine (C=N–C) groups is 1. The Labute approximate surface area is 215 Å². The lowest BCUT2D eigenvalue weighted by atomic mass is 9.94. The van der Waals surface area contributed by atoms with Gasteiger partial charge >= 0.3 is 6.18 Å². The molecule has 0 saturated heterocycles. The van der Waals surface area contributed by atoms with E-state index in [0.29, 0.717) is 29.9 Å². The molecule has 2 aromatic heterocycles. The molecule has 5 nitrogen and oxygen atoms in total. The molecule has 4 rings (SSSR count). The van der Waals surface area contributed by atoms with Crippen molar-refractivity contribution in [2.45, 2.75) is 77.8 Å². The van der Waals surface area contributed by atoms with E-state index in [1.807, 2.05) is 25.1 Å². The Kier molecular flexibility index (Phi) is 8.56. The normalized spacial score (nSPS) is 13.8. The van der Waals surface area contributed by atoms with E-state index in [2.05, 4.69) is 21.9 Å². The third-order valence-electron chi connectivity index (χ3n) is 6.83. The minimum Gasteiger partial charge on any atom is -0.297 e. The quantitative estimate of drug-likeness (QED) is 0.191. The summed E-state index contributed by atoms with van der Waals surface area (Å²) in [6.07, 6.45) is 10.2. The summed E-state index contributed by atoms with van der Waals surface area (Å²) < 4.78 is 41.9. The number of imidazole rings is 1. The number of hydrogen-bond donors (Lipinski definition) is 0. The highest BCUT2D eigenvalue weighted by Crippen LogP contribution is 2.32. The average molecular weight is 511 g/mol. The van der Waals surface area contributed by atoms with E-state index in [1.54, 1.807) is 16.8 Å². The van der Waals surface area contributed by atoms with Gasteiger partial charge in [0, 0.05) is 36.4 Å². The topological polar surface area (TPSA) is 59.6 Å². The molecule has 0 radical (unpaired) electrons. The van der Waals surface area contributed by atoms with Gasteiger partial charge < -0.3 is 0 Å². The number of aryl methyl sites for hydroxylation is 1. The maximum absolute atomic E-state index is 13.4. The van der Waals surface area contributed by atoms with Crippen LogP contribution < -0.4 is 0 Å². The van der Waals surface area contributed by atoms with Crippen LogP contribution in [0.15, 0.2) is 47.9 Å². The van der Waals surface area contributed by atoms with Gasteiger partial charge in [-0.1, -0.05) is 70.2 Å². The Morgan fingerprint density at radius 3 is 2.59 bits per heavy atom. The van der Waals surface area contributed by atoms with E-state index < -0.39 is 11.9 Å². The van der Waals surface area contributed by atoms with Crippen molar-refractivity contribution >= 4 is 22.7 Å². The van der Waals surface area contributed by atoms with Gasteiger partial charge in [0.25, 0.3) is 0 Å². The molecule has 3 aromatic rings. The van der Waals surface area contributed by atoms with Crippen molar-refractivity contribution in [3.8, 4) is 0 Å². The fourth-order valence-corrected chi connectivity index (χ4v) is 4.89. The van der Waals surface area contributed by atoms with Gasteiger partial charge in [-0.2, -0.15) is 13.2 Å². The second-order valence-corrected chi connectivity index (χ2v) is 9.48. The minimum absolute atomic E-state index is 0.000921. The van der Waals surface area contributed by atoms with Crippen LogP contribution in [-0.2, 0) is 12.8 Å². The highest BCUT2D eigenvalue weighted by Gasteiger charge is 2.40. The van der Waals surface area contributed by atoms with Crippen LogP contribution in [0.2, 0.25) is 0 Å². The molecular weight excluding hydrogens is 477 g/mol. The molecule has 0 aliphatic carbocycles. The molecule has 1 aliphatic heterocycles. The summed E-state index contributed by atoms with van der Waals surface area (Å²) in [4.78, 5) is 25.4. The first-order chi connectivity index (χ1) is 17.8. The van der Waals surface area contributed by atoms with E-state index in [-0.39, 0.29) is 17.9 Å². The molecule has 3 heterocycles. The van der Waals surface area contributed by atoms with Gasteiger partial charge in [-0.15, -0.1) is 0 Å². The lowest BCUT2D eigenvalue weighted by molar-refractivity contribution is -0.0571. The number of benzene rings is 1. The molecule has 0 saturated carbocycles. The van der Waals surface area contributed by atoms with Crippen LogP contribution in [0.4, 0.5) is 13.2 Å². The number of unbranched alkanes of at least 4 members (excludes halogenated alkanes) is 5. The maximum Gasteiger partial charge on any atom is 0.433 e. The zero-order chi connectivity index (χ0) is 26.4. The van der Waals surface area contributed by atoms with Gasteiger partial charge in [0.2, 0.25) is 0 Å². The Balaban J connectivity index is 1.50. The van der Waals surface area contributed by atoms with Crippen LogP contribution >= 0.6 is 0 Å². The molecule has 0 spiro atoms. The van der Waals surface area contributed by atoms with Crippen molar-refractivity contribution in [1.82, 2.24) is 14.4 Å². The first-order valence-electron chi connectivity index (χ1n) is 13.1. The second-order valence-electron chi connectivity index (χ2n) is 9.48. The van der Waals surface area contributed by atoms with Crippen molar-refractivity contribution in [3.63, 3.8) is 0 Å². The molecule has 0 amide bonds. The summed E-state index contributed by atoms with van der Waals surface area (Å²) in [5.41, 5.74) is 3.44. The van der Waals surface area contributed by atoms with Crippen LogP contribution in [0.5, 0.6) is 0 Å². The van der Waals surface area contributed by atoms with Crippen LogP contribution in [-0.4, -0.2) is 38.6 Å². The first-order valence-corrected chi connectivity index (χ1v) is 13.1. The molecule has 0 atom stereocenters. The van der Waals surface area contributed by atoms with Gasteiger partial charge in [0.05, 0.1) is 24.1 Å². The number of nitrogens with zero attached hydrogens (tertiary/aromatic N) is 4. The number of fused-ring (bicyclic) bond motifs is 1. The Bertz CT molecular complexity index is 1320. The number of Topliss-reactive ketones (excluding diaryl/α,β-unsaturated/α-hetero) is 1. The number of carbonyl (C=O) groups excluding carboxylic acids is 1. The number of halogens is 3. The van der Waals surface area contributed by atoms with E-state index in [1.165, 1.54) is 38.0 Å². The van der Waals surface area contributed by atoms with Crippen molar-refractivity contribution in [1.29, 1.82) is 0 Å². The average Bonchev–Trinajstić information content (AvgIpc) is 3.53. The molecular formula is C29H33F3N4O. The summed E-state index contributed by atoms with van der Waals surface area (Å²) in [5.74, 6) is 0.184. The number of ketones is 1. The predicted octanol–water partition coefficient (Wildman–Crippen LogP) is 7.22. The number of allylic oxidation sites excluding steroid dienone is 1. The Morgan fingerprint density at radius 1 is 1.05 bits per heavy atom. The first kappa shape index (κ1) is 26.8. The highest BCUT2D eigenvalue weighted by molar-refractivity contribution is 6.27. The predicted molar refractivity (Wildman–Crippen MR) is 140 cm³/mol. The molecule has 0 N–H and O–H groups in total. The van der Waals surface area contributed by atoms with E-state index in [4.69, 9.17) is 0 Å². The van der Waals surface area contributed by atoms with E-state index in [9.17, 15) is 18.0 Å². The third kappa shape index (κ3) is 6.17. The number of hydrogen-bond acceptors (Lipinski definition) is 4. The van der Waals surface area contributed by atoms with Crippen LogP contribution in [0.1, 0.15) is 91.7 Å². The summed E-state index contributed by atoms with van der Waals surface area (Å²) in [6, 6.07) is 5.88. The largest absolute Gasteiger partial charge is 0.433 e. The maximum atomic E-state index is 13.4. The van der Waals surface area contributed by atoms with Crippen LogP contribution in [0.25, 0.3) is 11.2 Å². The summed E-state index contributed by atoms with van der Waals surface area (Å²) >= 11 is 0. The van der Waals surface area contributed by atoms with Crippen LogP contribution in [0.3, 0.4) is 0 Å². The van der Waals surface area contributed by atoms with Crippen molar-refractivity contribution < 1.29 is 18.0 Å². The Hall–Kier alpha value is -3.29. The standard InChI is InChI=1S/C29H33F3N4O/c1-3-5-6-7-8-9-10-26(37)22-12-11-20(17-21(22)4-2)18-24-28-35-19-25(36(28)16-15-33-24)23-13-14-34-27(23)29(30,31)32/h11-13,15-17,19H,3-10,14,18H2,1-2H3. The molecule has 37 heavy (non-hydrogen) atoms. The number of alkyl halides is 3. The Morgan fingerprint density at radius 2 is 1.84 bits per heavy atom. The smallest absolute Gasteiger partial charge is 0.297 e. The summed E-state index contributed by atoms with van der Waals surface area (Å²) in [6.45, 7) is 4.23.